The van der Waals surface area contributed by atoms with Crippen molar-refractivity contribution in [1.82, 2.24) is 19.5 Å². The molecular weight excluding hydrogens is 404 g/mol. The molecule has 5 rings (SSSR count). The molecule has 0 radical (unpaired) electrons. The number of nitrogens with zero attached hydrogens (tertiary/aromatic N) is 5. The Kier molecular flexibility index (Phi) is 4.95. The number of morpholine rings is 1. The van der Waals surface area contributed by atoms with Gasteiger partial charge in [-0.1, -0.05) is 18.2 Å². The molecule has 1 aliphatic heterocycles. The number of phenolic OH excluding ortho intramolecular Hbond substituents is 1. The maximum absolute atomic E-state index is 14.2. The average molecular weight is 423 g/mol. The molecule has 7 nitrogen and oxygen atoms in total. The van der Waals surface area contributed by atoms with Crippen LogP contribution in [-0.4, -0.2) is 50.9 Å². The molecule has 3 heterocycles. The van der Waals surface area contributed by atoms with Crippen LogP contribution in [0.3, 0.4) is 0 Å². The topological polar surface area (TPSA) is 76.3 Å². The van der Waals surface area contributed by atoms with Crippen LogP contribution < -0.4 is 4.90 Å². The third-order valence-corrected chi connectivity index (χ3v) is 5.26. The zero-order chi connectivity index (χ0) is 21.4. The van der Waals surface area contributed by atoms with Gasteiger partial charge in [0.15, 0.2) is 5.65 Å². The number of hydrogen-bond acceptors (Lipinski definition) is 6. The van der Waals surface area contributed by atoms with Crippen molar-refractivity contribution in [2.75, 3.05) is 31.2 Å². The molecule has 0 saturated carbocycles. The highest BCUT2D eigenvalue weighted by Crippen LogP contribution is 2.30. The van der Waals surface area contributed by atoms with Crippen molar-refractivity contribution in [2.24, 2.45) is 0 Å². The van der Waals surface area contributed by atoms with Crippen molar-refractivity contribution in [3.63, 3.8) is 0 Å². The standard InChI is InChI=1S/C22H19F2N5O2/c23-17-5-2-6-18(24)16(17)12-29-13-25-20-19(14-3-1-4-15(30)11-14)26-22(27-21(20)29)28-7-9-31-10-8-28/h1-6,11,13,30H,7-10,12H2. The lowest BCUT2D eigenvalue weighted by molar-refractivity contribution is 0.122. The molecule has 0 bridgehead atoms. The maximum Gasteiger partial charge on any atom is 0.228 e. The van der Waals surface area contributed by atoms with E-state index in [2.05, 4.69) is 9.97 Å². The highest BCUT2D eigenvalue weighted by atomic mass is 19.1. The molecule has 9 heteroatoms. The first-order valence-corrected chi connectivity index (χ1v) is 9.88. The summed E-state index contributed by atoms with van der Waals surface area (Å²) in [6.45, 7) is 2.31. The molecule has 0 amide bonds. The van der Waals surface area contributed by atoms with Crippen molar-refractivity contribution < 1.29 is 18.6 Å². The summed E-state index contributed by atoms with van der Waals surface area (Å²) in [5.74, 6) is -0.676. The minimum absolute atomic E-state index is 0.0615. The Labute approximate surface area is 176 Å². The van der Waals surface area contributed by atoms with E-state index in [0.29, 0.717) is 54.7 Å². The van der Waals surface area contributed by atoms with Crippen LogP contribution in [0.15, 0.2) is 48.8 Å². The average Bonchev–Trinajstić information content (AvgIpc) is 3.19. The summed E-state index contributed by atoms with van der Waals surface area (Å²) in [4.78, 5) is 15.8. The summed E-state index contributed by atoms with van der Waals surface area (Å²) in [7, 11) is 0. The Morgan fingerprint density at radius 3 is 2.48 bits per heavy atom. The van der Waals surface area contributed by atoms with E-state index < -0.39 is 11.6 Å². The number of imidazole rings is 1. The van der Waals surface area contributed by atoms with Crippen LogP contribution in [0, 0.1) is 11.6 Å². The van der Waals surface area contributed by atoms with E-state index in [4.69, 9.17) is 9.72 Å². The first-order chi connectivity index (χ1) is 15.1. The largest absolute Gasteiger partial charge is 0.508 e. The number of aromatic hydroxyl groups is 1. The van der Waals surface area contributed by atoms with E-state index in [9.17, 15) is 13.9 Å². The summed E-state index contributed by atoms with van der Waals surface area (Å²) in [6, 6.07) is 10.5. The molecule has 0 atom stereocenters. The normalized spacial score (nSPS) is 14.3. The van der Waals surface area contributed by atoms with E-state index in [1.165, 1.54) is 24.5 Å². The third kappa shape index (κ3) is 3.68. The van der Waals surface area contributed by atoms with Crippen molar-refractivity contribution in [1.29, 1.82) is 0 Å². The van der Waals surface area contributed by atoms with Gasteiger partial charge in [-0.3, -0.25) is 0 Å². The molecule has 1 N–H and O–H groups in total. The minimum Gasteiger partial charge on any atom is -0.508 e. The smallest absolute Gasteiger partial charge is 0.228 e. The fourth-order valence-corrected chi connectivity index (χ4v) is 3.66. The lowest BCUT2D eigenvalue weighted by Crippen LogP contribution is -2.37. The van der Waals surface area contributed by atoms with Crippen molar-refractivity contribution in [2.45, 2.75) is 6.54 Å². The van der Waals surface area contributed by atoms with Crippen molar-refractivity contribution in [3.05, 3.63) is 66.0 Å². The van der Waals surface area contributed by atoms with Crippen LogP contribution in [0.25, 0.3) is 22.4 Å². The third-order valence-electron chi connectivity index (χ3n) is 5.26. The van der Waals surface area contributed by atoms with E-state index in [1.54, 1.807) is 22.8 Å². The molecule has 0 unspecified atom stereocenters. The zero-order valence-electron chi connectivity index (χ0n) is 16.5. The van der Waals surface area contributed by atoms with Gasteiger partial charge in [0, 0.05) is 24.2 Å². The van der Waals surface area contributed by atoms with Gasteiger partial charge in [0.05, 0.1) is 26.1 Å². The number of ether oxygens (including phenoxy) is 1. The monoisotopic (exact) mass is 423 g/mol. The molecule has 31 heavy (non-hydrogen) atoms. The van der Waals surface area contributed by atoms with Crippen molar-refractivity contribution in [3.8, 4) is 17.0 Å². The molecule has 4 aromatic rings. The molecule has 1 aliphatic rings. The van der Waals surface area contributed by atoms with Crippen LogP contribution in [0.2, 0.25) is 0 Å². The summed E-state index contributed by atoms with van der Waals surface area (Å²) in [5.41, 5.74) is 2.09. The van der Waals surface area contributed by atoms with Gasteiger partial charge in [-0.05, 0) is 24.3 Å². The number of rotatable bonds is 4. The molecule has 2 aromatic heterocycles. The van der Waals surface area contributed by atoms with E-state index >= 15 is 0 Å². The van der Waals surface area contributed by atoms with Gasteiger partial charge in [-0.15, -0.1) is 0 Å². The highest BCUT2D eigenvalue weighted by molar-refractivity contribution is 5.88. The Bertz CT molecular complexity index is 1230. The van der Waals surface area contributed by atoms with Crippen LogP contribution >= 0.6 is 0 Å². The summed E-state index contributed by atoms with van der Waals surface area (Å²) >= 11 is 0. The quantitative estimate of drug-likeness (QED) is 0.543. The van der Waals surface area contributed by atoms with Crippen LogP contribution in [0.1, 0.15) is 5.56 Å². The lowest BCUT2D eigenvalue weighted by Gasteiger charge is -2.27. The van der Waals surface area contributed by atoms with Gasteiger partial charge in [0.2, 0.25) is 5.95 Å². The van der Waals surface area contributed by atoms with Gasteiger partial charge in [0.1, 0.15) is 28.6 Å². The molecule has 2 aromatic carbocycles. The summed E-state index contributed by atoms with van der Waals surface area (Å²) < 4.78 is 35.5. The molecular formula is C22H19F2N5O2. The second-order valence-corrected chi connectivity index (χ2v) is 7.27. The lowest BCUT2D eigenvalue weighted by atomic mass is 10.1. The Morgan fingerprint density at radius 1 is 1.00 bits per heavy atom. The second kappa shape index (κ2) is 7.92. The van der Waals surface area contributed by atoms with Gasteiger partial charge in [-0.2, -0.15) is 4.98 Å². The summed E-state index contributed by atoms with van der Waals surface area (Å²) in [5, 5.41) is 9.95. The number of phenols is 1. The first kappa shape index (κ1) is 19.4. The SMILES string of the molecule is Oc1cccc(-c2nc(N3CCOCC3)nc3c2ncn3Cc2c(F)cccc2F)c1. The molecule has 1 fully saturated rings. The zero-order valence-corrected chi connectivity index (χ0v) is 16.5. The Morgan fingerprint density at radius 2 is 1.74 bits per heavy atom. The van der Waals surface area contributed by atoms with Gasteiger partial charge < -0.3 is 19.3 Å². The highest BCUT2D eigenvalue weighted by Gasteiger charge is 2.21. The second-order valence-electron chi connectivity index (χ2n) is 7.27. The van der Waals surface area contributed by atoms with Gasteiger partial charge >= 0.3 is 0 Å². The van der Waals surface area contributed by atoms with E-state index in [-0.39, 0.29) is 17.9 Å². The number of hydrogen-bond donors (Lipinski definition) is 1. The Hall–Kier alpha value is -3.59. The predicted octanol–water partition coefficient (Wildman–Crippen LogP) is 3.36. The van der Waals surface area contributed by atoms with E-state index in [0.717, 1.165) is 0 Å². The number of aromatic nitrogens is 4. The van der Waals surface area contributed by atoms with Gasteiger partial charge in [0.25, 0.3) is 0 Å². The summed E-state index contributed by atoms with van der Waals surface area (Å²) in [6.07, 6.45) is 1.50. The Balaban J connectivity index is 1.67. The molecule has 1 saturated heterocycles. The number of benzene rings is 2. The number of anilines is 1. The van der Waals surface area contributed by atoms with Crippen molar-refractivity contribution >= 4 is 17.1 Å². The molecule has 0 spiro atoms. The first-order valence-electron chi connectivity index (χ1n) is 9.88. The van der Waals surface area contributed by atoms with Gasteiger partial charge in [-0.25, -0.2) is 18.7 Å². The maximum atomic E-state index is 14.2. The predicted molar refractivity (Wildman–Crippen MR) is 111 cm³/mol. The van der Waals surface area contributed by atoms with Crippen LogP contribution in [0.4, 0.5) is 14.7 Å². The number of fused-ring (bicyclic) bond motifs is 1. The fraction of sp³-hybridized carbons (Fsp3) is 0.227. The minimum atomic E-state index is -0.627. The van der Waals surface area contributed by atoms with Crippen LogP contribution in [-0.2, 0) is 11.3 Å². The number of halogens is 2. The van der Waals surface area contributed by atoms with E-state index in [1.807, 2.05) is 11.0 Å². The molecule has 158 valence electrons. The van der Waals surface area contributed by atoms with Crippen LogP contribution in [0.5, 0.6) is 5.75 Å². The molecule has 0 aliphatic carbocycles. The fourth-order valence-electron chi connectivity index (χ4n) is 3.66.